The zero-order valence-electron chi connectivity index (χ0n) is 15.4. The Hall–Kier alpha value is -0.810. The minimum atomic E-state index is -0.628. The molecule has 1 unspecified atom stereocenters. The van der Waals surface area contributed by atoms with Gasteiger partial charge < -0.3 is 11.1 Å². The molecule has 1 aromatic rings. The number of hydrogen-bond acceptors (Lipinski definition) is 3. The van der Waals surface area contributed by atoms with Gasteiger partial charge in [-0.05, 0) is 38.8 Å². The normalized spacial score (nSPS) is 17.1. The van der Waals surface area contributed by atoms with Gasteiger partial charge in [0.25, 0.3) is 0 Å². The molecule has 4 nitrogen and oxygen atoms in total. The van der Waals surface area contributed by atoms with Crippen molar-refractivity contribution in [3.05, 3.63) is 35.9 Å². The fourth-order valence-electron chi connectivity index (χ4n) is 3.23. The van der Waals surface area contributed by atoms with Crippen LogP contribution in [0.25, 0.3) is 0 Å². The van der Waals surface area contributed by atoms with Crippen LogP contribution in [-0.4, -0.2) is 36.0 Å². The molecule has 0 aromatic heterocycles. The van der Waals surface area contributed by atoms with Gasteiger partial charge in [-0.2, -0.15) is 0 Å². The second-order valence-electron chi connectivity index (χ2n) is 7.01. The van der Waals surface area contributed by atoms with Crippen molar-refractivity contribution >= 4 is 30.7 Å². The second kappa shape index (κ2) is 11.7. The van der Waals surface area contributed by atoms with E-state index in [9.17, 15) is 4.79 Å². The molecule has 0 bridgehead atoms. The van der Waals surface area contributed by atoms with Crippen molar-refractivity contribution < 1.29 is 4.79 Å². The van der Waals surface area contributed by atoms with Crippen LogP contribution < -0.4 is 11.1 Å². The van der Waals surface area contributed by atoms with Crippen LogP contribution in [-0.2, 0) is 11.3 Å². The van der Waals surface area contributed by atoms with Gasteiger partial charge >= 0.3 is 0 Å². The summed E-state index contributed by atoms with van der Waals surface area (Å²) in [6, 6.07) is 10.9. The molecule has 6 heteroatoms. The number of nitrogens with zero attached hydrogens (tertiary/aromatic N) is 1. The van der Waals surface area contributed by atoms with Gasteiger partial charge in [0.2, 0.25) is 5.91 Å². The van der Waals surface area contributed by atoms with E-state index in [-0.39, 0.29) is 30.7 Å². The molecule has 3 N–H and O–H groups in total. The summed E-state index contributed by atoms with van der Waals surface area (Å²) in [7, 11) is 2.13. The standard InChI is InChI=1S/C19H31N3O.2ClH/c1-16(22(2)15-17-9-5-3-6-10-17)11-14-21-18(23)19(20)12-7-4-8-13-19;;/h3,5-6,9-10,16H,4,7-8,11-15,20H2,1-2H3,(H,21,23);2*1H. The van der Waals surface area contributed by atoms with E-state index in [0.29, 0.717) is 12.6 Å². The third-order valence-corrected chi connectivity index (χ3v) is 5.07. The summed E-state index contributed by atoms with van der Waals surface area (Å²) >= 11 is 0. The molecule has 0 heterocycles. The summed E-state index contributed by atoms with van der Waals surface area (Å²) < 4.78 is 0. The molecule has 1 saturated carbocycles. The van der Waals surface area contributed by atoms with Crippen LogP contribution in [0.5, 0.6) is 0 Å². The van der Waals surface area contributed by atoms with E-state index in [1.54, 1.807) is 0 Å². The second-order valence-corrected chi connectivity index (χ2v) is 7.01. The molecule has 1 atom stereocenters. The van der Waals surface area contributed by atoms with Gasteiger partial charge in [0.15, 0.2) is 0 Å². The molecule has 1 fully saturated rings. The molecule has 0 spiro atoms. The summed E-state index contributed by atoms with van der Waals surface area (Å²) in [5.74, 6) is 0.0371. The van der Waals surface area contributed by atoms with Crippen molar-refractivity contribution in [2.45, 2.75) is 63.6 Å². The topological polar surface area (TPSA) is 58.4 Å². The Balaban J connectivity index is 0.00000288. The summed E-state index contributed by atoms with van der Waals surface area (Å²) in [6.45, 7) is 3.82. The molecule has 144 valence electrons. The fourth-order valence-corrected chi connectivity index (χ4v) is 3.23. The average Bonchev–Trinajstić information content (AvgIpc) is 2.56. The number of nitrogens with two attached hydrogens (primary N) is 1. The zero-order valence-corrected chi connectivity index (χ0v) is 17.0. The highest BCUT2D eigenvalue weighted by atomic mass is 35.5. The van der Waals surface area contributed by atoms with E-state index in [4.69, 9.17) is 5.73 Å². The molecule has 0 saturated heterocycles. The van der Waals surface area contributed by atoms with Crippen LogP contribution >= 0.6 is 24.8 Å². The van der Waals surface area contributed by atoms with Crippen molar-refractivity contribution in [2.24, 2.45) is 5.73 Å². The van der Waals surface area contributed by atoms with Crippen LogP contribution in [0.1, 0.15) is 51.0 Å². The first-order valence-corrected chi connectivity index (χ1v) is 8.82. The zero-order chi connectivity index (χ0) is 16.7. The molecular formula is C19H33Cl2N3O. The van der Waals surface area contributed by atoms with E-state index in [1.807, 2.05) is 6.07 Å². The maximum Gasteiger partial charge on any atom is 0.240 e. The summed E-state index contributed by atoms with van der Waals surface area (Å²) in [5.41, 5.74) is 6.95. The van der Waals surface area contributed by atoms with E-state index in [0.717, 1.165) is 38.6 Å². The predicted molar refractivity (Wildman–Crippen MR) is 109 cm³/mol. The average molecular weight is 390 g/mol. The van der Waals surface area contributed by atoms with Crippen LogP contribution in [0.3, 0.4) is 0 Å². The Labute approximate surface area is 164 Å². The summed E-state index contributed by atoms with van der Waals surface area (Å²) in [5, 5.41) is 3.05. The van der Waals surface area contributed by atoms with Crippen molar-refractivity contribution in [1.29, 1.82) is 0 Å². The summed E-state index contributed by atoms with van der Waals surface area (Å²) in [4.78, 5) is 14.6. The van der Waals surface area contributed by atoms with Crippen molar-refractivity contribution in [3.8, 4) is 0 Å². The number of nitrogens with one attached hydrogen (secondary N) is 1. The number of rotatable bonds is 7. The lowest BCUT2D eigenvalue weighted by Gasteiger charge is -2.32. The highest BCUT2D eigenvalue weighted by Gasteiger charge is 2.34. The molecule has 1 amide bonds. The Bertz CT molecular complexity index is 493. The van der Waals surface area contributed by atoms with Gasteiger partial charge in [-0.3, -0.25) is 9.69 Å². The van der Waals surface area contributed by atoms with Crippen LogP contribution in [0, 0.1) is 0 Å². The lowest BCUT2D eigenvalue weighted by atomic mass is 9.82. The Morgan fingerprint density at radius 3 is 2.40 bits per heavy atom. The van der Waals surface area contributed by atoms with Crippen LogP contribution in [0.4, 0.5) is 0 Å². The minimum Gasteiger partial charge on any atom is -0.354 e. The molecule has 1 aliphatic carbocycles. The van der Waals surface area contributed by atoms with Crippen molar-refractivity contribution in [2.75, 3.05) is 13.6 Å². The van der Waals surface area contributed by atoms with E-state index >= 15 is 0 Å². The van der Waals surface area contributed by atoms with Gasteiger partial charge in [0.05, 0.1) is 5.54 Å². The van der Waals surface area contributed by atoms with E-state index in [2.05, 4.69) is 48.5 Å². The molecule has 25 heavy (non-hydrogen) atoms. The van der Waals surface area contributed by atoms with Crippen molar-refractivity contribution in [3.63, 3.8) is 0 Å². The first-order valence-electron chi connectivity index (χ1n) is 8.82. The molecule has 2 rings (SSSR count). The van der Waals surface area contributed by atoms with Gasteiger partial charge in [-0.25, -0.2) is 0 Å². The number of halogens is 2. The van der Waals surface area contributed by atoms with Crippen LogP contribution in [0.2, 0.25) is 0 Å². The number of amides is 1. The first kappa shape index (κ1) is 24.2. The molecule has 1 aromatic carbocycles. The van der Waals surface area contributed by atoms with Crippen LogP contribution in [0.15, 0.2) is 30.3 Å². The number of carbonyl (C=O) groups excluding carboxylic acids is 1. The van der Waals surface area contributed by atoms with Gasteiger partial charge in [-0.15, -0.1) is 24.8 Å². The largest absolute Gasteiger partial charge is 0.354 e. The maximum atomic E-state index is 12.3. The number of carbonyl (C=O) groups is 1. The Kier molecular flexibility index (Phi) is 11.4. The van der Waals surface area contributed by atoms with E-state index in [1.165, 1.54) is 12.0 Å². The Morgan fingerprint density at radius 1 is 1.20 bits per heavy atom. The predicted octanol–water partition coefficient (Wildman–Crippen LogP) is 3.52. The highest BCUT2D eigenvalue weighted by molar-refractivity contribution is 5.86. The van der Waals surface area contributed by atoms with E-state index < -0.39 is 5.54 Å². The molecule has 1 aliphatic rings. The molecule has 0 aliphatic heterocycles. The van der Waals surface area contributed by atoms with Gasteiger partial charge in [0.1, 0.15) is 0 Å². The van der Waals surface area contributed by atoms with Crippen molar-refractivity contribution in [1.82, 2.24) is 10.2 Å². The first-order chi connectivity index (χ1) is 11.0. The SMILES string of the molecule is CC(CCNC(=O)C1(N)CCCCC1)N(C)Cc1ccccc1.Cl.Cl. The third-order valence-electron chi connectivity index (χ3n) is 5.07. The number of benzene rings is 1. The van der Waals surface area contributed by atoms with Gasteiger partial charge in [0, 0.05) is 19.1 Å². The molecular weight excluding hydrogens is 357 g/mol. The van der Waals surface area contributed by atoms with Gasteiger partial charge in [-0.1, -0.05) is 49.6 Å². The quantitative estimate of drug-likeness (QED) is 0.749. The minimum absolute atomic E-state index is 0. The highest BCUT2D eigenvalue weighted by Crippen LogP contribution is 2.25. The third kappa shape index (κ3) is 7.53. The lowest BCUT2D eigenvalue weighted by molar-refractivity contribution is -0.127. The monoisotopic (exact) mass is 389 g/mol. The smallest absolute Gasteiger partial charge is 0.240 e. The summed E-state index contributed by atoms with van der Waals surface area (Å²) in [6.07, 6.45) is 5.92. The lowest BCUT2D eigenvalue weighted by Crippen LogP contribution is -2.55. The fraction of sp³-hybridized carbons (Fsp3) is 0.632. The maximum absolute atomic E-state index is 12.3. The molecule has 0 radical (unpaired) electrons. The Morgan fingerprint density at radius 2 is 1.80 bits per heavy atom. The number of hydrogen-bond donors (Lipinski definition) is 2.